The molecule has 2 heteroatoms. The van der Waals surface area contributed by atoms with Crippen molar-refractivity contribution in [2.24, 2.45) is 0 Å². The first-order chi connectivity index (χ1) is 27.3. The lowest BCUT2D eigenvalue weighted by molar-refractivity contribution is 0.669. The number of rotatable bonds is 6. The summed E-state index contributed by atoms with van der Waals surface area (Å²) in [4.78, 5) is 2.37. The van der Waals surface area contributed by atoms with Crippen LogP contribution in [0.2, 0.25) is 0 Å². The van der Waals surface area contributed by atoms with Gasteiger partial charge < -0.3 is 9.32 Å². The van der Waals surface area contributed by atoms with Gasteiger partial charge in [0.15, 0.2) is 0 Å². The Balaban J connectivity index is 1.19. The lowest BCUT2D eigenvalue weighted by atomic mass is 9.67. The van der Waals surface area contributed by atoms with Gasteiger partial charge in [0.05, 0.1) is 11.1 Å². The summed E-state index contributed by atoms with van der Waals surface area (Å²) >= 11 is 0. The molecule has 0 saturated carbocycles. The molecule has 1 aliphatic carbocycles. The number of nitrogens with zero attached hydrogens (tertiary/aromatic N) is 1. The number of hydrogen-bond donors (Lipinski definition) is 0. The van der Waals surface area contributed by atoms with Crippen LogP contribution in [0.5, 0.6) is 0 Å². The minimum atomic E-state index is -0.547. The molecule has 11 rings (SSSR count). The van der Waals surface area contributed by atoms with Crippen LogP contribution >= 0.6 is 0 Å². The van der Waals surface area contributed by atoms with Gasteiger partial charge in [0.25, 0.3) is 0 Å². The molecule has 9 aromatic carbocycles. The van der Waals surface area contributed by atoms with Crippen molar-refractivity contribution < 1.29 is 4.42 Å². The third-order valence-corrected chi connectivity index (χ3v) is 11.5. The summed E-state index contributed by atoms with van der Waals surface area (Å²) in [6.45, 7) is 0. The van der Waals surface area contributed by atoms with Gasteiger partial charge >= 0.3 is 0 Å². The maximum absolute atomic E-state index is 6.99. The van der Waals surface area contributed by atoms with E-state index in [2.05, 4.69) is 217 Å². The number of benzene rings is 9. The summed E-state index contributed by atoms with van der Waals surface area (Å²) in [6.07, 6.45) is 0. The molecule has 0 aliphatic heterocycles. The predicted molar refractivity (Wildman–Crippen MR) is 229 cm³/mol. The van der Waals surface area contributed by atoms with Gasteiger partial charge in [0.1, 0.15) is 11.2 Å². The monoisotopic (exact) mass is 701 g/mol. The molecule has 10 aromatic rings. The molecule has 0 atom stereocenters. The molecule has 1 aliphatic rings. The minimum Gasteiger partial charge on any atom is -0.455 e. The number of anilines is 3. The predicted octanol–water partition coefficient (Wildman–Crippen LogP) is 14.2. The SMILES string of the molecule is c1ccc(N(c2ccc(-c3cc4c(c5oc6ccccc6c35)-c3ccccc3C4(c3ccccc3)c3ccccc3)cc2)c2cccc3ccccc23)cc1. The molecule has 0 radical (unpaired) electrons. The molecule has 0 saturated heterocycles. The third-order valence-electron chi connectivity index (χ3n) is 11.5. The maximum Gasteiger partial charge on any atom is 0.144 e. The Kier molecular flexibility index (Phi) is 7.11. The van der Waals surface area contributed by atoms with E-state index in [1.807, 2.05) is 0 Å². The van der Waals surface area contributed by atoms with Crippen LogP contribution in [0.15, 0.2) is 217 Å². The highest BCUT2D eigenvalue weighted by molar-refractivity contribution is 6.18. The van der Waals surface area contributed by atoms with Crippen LogP contribution in [0.25, 0.3) is 55.0 Å². The topological polar surface area (TPSA) is 16.4 Å². The zero-order chi connectivity index (χ0) is 36.3. The summed E-state index contributed by atoms with van der Waals surface area (Å²) in [5.41, 5.74) is 14.3. The average Bonchev–Trinajstić information content (AvgIpc) is 3.79. The molecular weight excluding hydrogens is 667 g/mol. The van der Waals surface area contributed by atoms with Crippen LogP contribution in [-0.4, -0.2) is 0 Å². The molecular formula is C53H35NO. The molecule has 0 amide bonds. The first-order valence-corrected chi connectivity index (χ1v) is 18.9. The normalized spacial score (nSPS) is 12.9. The van der Waals surface area contributed by atoms with E-state index in [9.17, 15) is 0 Å². The van der Waals surface area contributed by atoms with Gasteiger partial charge in [-0.2, -0.15) is 0 Å². The second kappa shape index (κ2) is 12.5. The van der Waals surface area contributed by atoms with Crippen molar-refractivity contribution in [1.29, 1.82) is 0 Å². The fourth-order valence-corrected chi connectivity index (χ4v) is 9.23. The summed E-state index contributed by atoms with van der Waals surface area (Å²) in [5.74, 6) is 0. The molecule has 55 heavy (non-hydrogen) atoms. The van der Waals surface area contributed by atoms with Crippen molar-refractivity contribution in [1.82, 2.24) is 0 Å². The van der Waals surface area contributed by atoms with Crippen molar-refractivity contribution in [3.63, 3.8) is 0 Å². The Hall–Kier alpha value is -7.16. The van der Waals surface area contributed by atoms with Crippen LogP contribution in [0.4, 0.5) is 17.1 Å². The number of furan rings is 1. The van der Waals surface area contributed by atoms with Gasteiger partial charge in [-0.05, 0) is 86.8 Å². The summed E-state index contributed by atoms with van der Waals surface area (Å²) < 4.78 is 6.99. The maximum atomic E-state index is 6.99. The Bertz CT molecular complexity index is 2970. The van der Waals surface area contributed by atoms with Crippen LogP contribution in [0.1, 0.15) is 22.3 Å². The number of hydrogen-bond acceptors (Lipinski definition) is 2. The van der Waals surface area contributed by atoms with Crippen molar-refractivity contribution >= 4 is 49.8 Å². The lowest BCUT2D eigenvalue weighted by Gasteiger charge is -2.34. The van der Waals surface area contributed by atoms with Gasteiger partial charge in [0, 0.05) is 33.1 Å². The number of fused-ring (bicyclic) bond motifs is 8. The van der Waals surface area contributed by atoms with Gasteiger partial charge in [-0.3, -0.25) is 0 Å². The Morgan fingerprint density at radius 2 is 1.00 bits per heavy atom. The van der Waals surface area contributed by atoms with Crippen molar-refractivity contribution in [2.45, 2.75) is 5.41 Å². The van der Waals surface area contributed by atoms with E-state index >= 15 is 0 Å². The fraction of sp³-hybridized carbons (Fsp3) is 0.0189. The van der Waals surface area contributed by atoms with Crippen LogP contribution in [0.3, 0.4) is 0 Å². The zero-order valence-electron chi connectivity index (χ0n) is 30.1. The molecule has 258 valence electrons. The van der Waals surface area contributed by atoms with Gasteiger partial charge in [-0.25, -0.2) is 0 Å². The van der Waals surface area contributed by atoms with E-state index in [1.54, 1.807) is 0 Å². The Morgan fingerprint density at radius 3 is 1.75 bits per heavy atom. The zero-order valence-corrected chi connectivity index (χ0v) is 30.1. The smallest absolute Gasteiger partial charge is 0.144 e. The van der Waals surface area contributed by atoms with Crippen molar-refractivity contribution in [3.05, 3.63) is 235 Å². The molecule has 0 unspecified atom stereocenters. The highest BCUT2D eigenvalue weighted by Crippen LogP contribution is 2.60. The number of para-hydroxylation sites is 2. The van der Waals surface area contributed by atoms with Gasteiger partial charge in [0.2, 0.25) is 0 Å². The minimum absolute atomic E-state index is 0.547. The molecule has 0 N–H and O–H groups in total. The first-order valence-electron chi connectivity index (χ1n) is 18.9. The fourth-order valence-electron chi connectivity index (χ4n) is 9.23. The second-order valence-corrected chi connectivity index (χ2v) is 14.4. The van der Waals surface area contributed by atoms with Crippen molar-refractivity contribution in [3.8, 4) is 22.3 Å². The second-order valence-electron chi connectivity index (χ2n) is 14.4. The Labute approximate surface area is 320 Å². The molecule has 0 fully saturated rings. The van der Waals surface area contributed by atoms with E-state index in [4.69, 9.17) is 4.42 Å². The van der Waals surface area contributed by atoms with E-state index in [0.29, 0.717) is 0 Å². The third kappa shape index (κ3) is 4.68. The summed E-state index contributed by atoms with van der Waals surface area (Å²) in [5, 5.41) is 4.69. The highest BCUT2D eigenvalue weighted by atomic mass is 16.3. The highest BCUT2D eigenvalue weighted by Gasteiger charge is 2.47. The Morgan fingerprint density at radius 1 is 0.418 bits per heavy atom. The quantitative estimate of drug-likeness (QED) is 0.172. The van der Waals surface area contributed by atoms with E-state index in [-0.39, 0.29) is 0 Å². The van der Waals surface area contributed by atoms with Crippen LogP contribution < -0.4 is 4.90 Å². The van der Waals surface area contributed by atoms with Crippen LogP contribution in [-0.2, 0) is 5.41 Å². The average molecular weight is 702 g/mol. The van der Waals surface area contributed by atoms with Crippen molar-refractivity contribution in [2.75, 3.05) is 4.90 Å². The van der Waals surface area contributed by atoms with Gasteiger partial charge in [-0.1, -0.05) is 170 Å². The molecule has 1 heterocycles. The molecule has 2 nitrogen and oxygen atoms in total. The summed E-state index contributed by atoms with van der Waals surface area (Å²) in [7, 11) is 0. The largest absolute Gasteiger partial charge is 0.455 e. The van der Waals surface area contributed by atoms with E-state index in [0.717, 1.165) is 50.1 Å². The lowest BCUT2D eigenvalue weighted by Crippen LogP contribution is -2.28. The summed E-state index contributed by atoms with van der Waals surface area (Å²) in [6, 6.07) is 76.8. The standard InChI is InChI=1S/C53H35NO/c1-4-19-38(20-5-1)53(39-21-6-2-7-22-39)46-28-14-12-26-43(46)51-47(53)35-45(50-44-27-13-15-30-49(44)55-52(50)51)37-31-33-41(34-32-37)54(40-23-8-3-9-24-40)48-29-16-18-36-17-10-11-25-42(36)48/h1-35H. The first kappa shape index (κ1) is 31.4. The van der Waals surface area contributed by atoms with Gasteiger partial charge in [-0.15, -0.1) is 0 Å². The van der Waals surface area contributed by atoms with Crippen LogP contribution in [0, 0.1) is 0 Å². The molecule has 0 bridgehead atoms. The molecule has 0 spiro atoms. The molecule has 1 aromatic heterocycles. The van der Waals surface area contributed by atoms with E-state index in [1.165, 1.54) is 44.2 Å². The van der Waals surface area contributed by atoms with E-state index < -0.39 is 5.41 Å².